The summed E-state index contributed by atoms with van der Waals surface area (Å²) in [5.74, 6) is 0.410. The van der Waals surface area contributed by atoms with E-state index in [9.17, 15) is 8.42 Å². The maximum Gasteiger partial charge on any atom is 0.152 e. The second-order valence-electron chi connectivity index (χ2n) is 5.94. The van der Waals surface area contributed by atoms with Crippen LogP contribution in [0.4, 0.5) is 0 Å². The lowest BCUT2D eigenvalue weighted by Crippen LogP contribution is -2.45. The summed E-state index contributed by atoms with van der Waals surface area (Å²) in [4.78, 5) is 6.16. The Labute approximate surface area is 130 Å². The maximum atomic E-state index is 12.0. The molecule has 5 nitrogen and oxygen atoms in total. The quantitative estimate of drug-likeness (QED) is 0.824. The molecule has 0 aromatic carbocycles. The molecule has 3 rings (SSSR count). The van der Waals surface area contributed by atoms with Crippen molar-refractivity contribution in [2.75, 3.05) is 31.8 Å². The van der Waals surface area contributed by atoms with Gasteiger partial charge in [-0.05, 0) is 32.1 Å². The fraction of sp³-hybridized carbons (Fsp3) is 0.786. The summed E-state index contributed by atoms with van der Waals surface area (Å²) in [6.45, 7) is 1.23. The molecule has 1 N–H and O–H groups in total. The monoisotopic (exact) mass is 330 g/mol. The summed E-state index contributed by atoms with van der Waals surface area (Å²) in [6.07, 6.45) is 5.15. The largest absolute Gasteiger partial charge is 0.383 e. The zero-order valence-corrected chi connectivity index (χ0v) is 14.0. The van der Waals surface area contributed by atoms with Crippen LogP contribution in [0.25, 0.3) is 0 Å². The standard InChI is InChI=1S/C14H22N2O3S2/c1-19-8-7-15-14(6-9-21(17,18)10-14)13-16-11-4-2-3-5-12(11)20-13/h15H,2-10H2,1H3. The Kier molecular flexibility index (Phi) is 4.36. The summed E-state index contributed by atoms with van der Waals surface area (Å²) in [5, 5.41) is 4.39. The van der Waals surface area contributed by atoms with E-state index in [2.05, 4.69) is 5.32 Å². The van der Waals surface area contributed by atoms with Gasteiger partial charge in [0.1, 0.15) is 5.01 Å². The SMILES string of the molecule is COCCNC1(c2nc3c(s2)CCCC3)CCS(=O)(=O)C1. The third-order valence-electron chi connectivity index (χ3n) is 4.33. The molecular weight excluding hydrogens is 308 g/mol. The number of ether oxygens (including phenoxy) is 1. The fourth-order valence-electron chi connectivity index (χ4n) is 3.18. The van der Waals surface area contributed by atoms with Crippen molar-refractivity contribution >= 4 is 21.2 Å². The predicted molar refractivity (Wildman–Crippen MR) is 83.6 cm³/mol. The second kappa shape index (κ2) is 5.95. The number of aromatic nitrogens is 1. The van der Waals surface area contributed by atoms with Crippen molar-refractivity contribution < 1.29 is 13.2 Å². The maximum absolute atomic E-state index is 12.0. The highest BCUT2D eigenvalue weighted by Gasteiger charge is 2.45. The molecule has 1 saturated heterocycles. The third kappa shape index (κ3) is 3.16. The second-order valence-corrected chi connectivity index (χ2v) is 9.21. The summed E-state index contributed by atoms with van der Waals surface area (Å²) < 4.78 is 29.1. The van der Waals surface area contributed by atoms with Crippen LogP contribution >= 0.6 is 11.3 Å². The zero-order chi connectivity index (χ0) is 14.9. The van der Waals surface area contributed by atoms with Crippen LogP contribution in [0.2, 0.25) is 0 Å². The highest BCUT2D eigenvalue weighted by Crippen LogP contribution is 2.38. The normalized spacial score (nSPS) is 27.7. The summed E-state index contributed by atoms with van der Waals surface area (Å²) in [7, 11) is -1.32. The lowest BCUT2D eigenvalue weighted by atomic mass is 9.99. The molecule has 0 spiro atoms. The number of nitrogens with zero attached hydrogens (tertiary/aromatic N) is 1. The van der Waals surface area contributed by atoms with Crippen LogP contribution in [0.15, 0.2) is 0 Å². The first-order valence-electron chi connectivity index (χ1n) is 7.48. The number of sulfone groups is 1. The van der Waals surface area contributed by atoms with Gasteiger partial charge in [0.25, 0.3) is 0 Å². The van der Waals surface area contributed by atoms with E-state index in [0.29, 0.717) is 19.6 Å². The number of methoxy groups -OCH3 is 1. The average molecular weight is 330 g/mol. The molecule has 2 aliphatic rings. The highest BCUT2D eigenvalue weighted by molar-refractivity contribution is 7.91. The number of hydrogen-bond donors (Lipinski definition) is 1. The molecule has 1 unspecified atom stereocenters. The summed E-state index contributed by atoms with van der Waals surface area (Å²) >= 11 is 1.71. The van der Waals surface area contributed by atoms with Gasteiger partial charge in [-0.25, -0.2) is 13.4 Å². The Balaban J connectivity index is 1.90. The molecule has 0 radical (unpaired) electrons. The Bertz CT molecular complexity index is 588. The van der Waals surface area contributed by atoms with Crippen molar-refractivity contribution in [1.29, 1.82) is 0 Å². The van der Waals surface area contributed by atoms with Crippen molar-refractivity contribution in [3.05, 3.63) is 15.6 Å². The number of thiazole rings is 1. The van der Waals surface area contributed by atoms with Crippen molar-refractivity contribution in [3.8, 4) is 0 Å². The zero-order valence-electron chi connectivity index (χ0n) is 12.4. The van der Waals surface area contributed by atoms with Crippen LogP contribution in [0, 0.1) is 0 Å². The van der Waals surface area contributed by atoms with Gasteiger partial charge in [0.2, 0.25) is 0 Å². The first-order chi connectivity index (χ1) is 10.0. The number of nitrogens with one attached hydrogen (secondary N) is 1. The van der Waals surface area contributed by atoms with E-state index in [0.717, 1.165) is 17.8 Å². The van der Waals surface area contributed by atoms with E-state index in [-0.39, 0.29) is 11.5 Å². The van der Waals surface area contributed by atoms with Crippen LogP contribution in [0.5, 0.6) is 0 Å². The van der Waals surface area contributed by atoms with E-state index < -0.39 is 15.4 Å². The van der Waals surface area contributed by atoms with Gasteiger partial charge in [-0.15, -0.1) is 11.3 Å². The van der Waals surface area contributed by atoms with Gasteiger partial charge in [0, 0.05) is 18.5 Å². The fourth-order valence-corrected chi connectivity index (χ4v) is 6.55. The molecular formula is C14H22N2O3S2. The van der Waals surface area contributed by atoms with Gasteiger partial charge in [-0.3, -0.25) is 0 Å². The minimum absolute atomic E-state index is 0.163. The predicted octanol–water partition coefficient (Wildman–Crippen LogP) is 1.27. The molecule has 1 aromatic heterocycles. The average Bonchev–Trinajstić information content (AvgIpc) is 3.01. The Morgan fingerprint density at radius 1 is 1.38 bits per heavy atom. The van der Waals surface area contributed by atoms with Crippen LogP contribution in [0.3, 0.4) is 0 Å². The van der Waals surface area contributed by atoms with Gasteiger partial charge in [-0.2, -0.15) is 0 Å². The van der Waals surface area contributed by atoms with Crippen LogP contribution in [-0.2, 0) is 33.0 Å². The summed E-state index contributed by atoms with van der Waals surface area (Å²) in [5.41, 5.74) is 0.692. The topological polar surface area (TPSA) is 68.3 Å². The van der Waals surface area contributed by atoms with Crippen LogP contribution < -0.4 is 5.32 Å². The molecule has 0 bridgehead atoms. The molecule has 1 atom stereocenters. The van der Waals surface area contributed by atoms with Gasteiger partial charge in [0.15, 0.2) is 9.84 Å². The highest BCUT2D eigenvalue weighted by atomic mass is 32.2. The van der Waals surface area contributed by atoms with Crippen molar-refractivity contribution in [2.45, 2.75) is 37.6 Å². The molecule has 7 heteroatoms. The van der Waals surface area contributed by atoms with Gasteiger partial charge >= 0.3 is 0 Å². The minimum atomic E-state index is -2.98. The number of hydrogen-bond acceptors (Lipinski definition) is 6. The van der Waals surface area contributed by atoms with Gasteiger partial charge in [-0.1, -0.05) is 0 Å². The minimum Gasteiger partial charge on any atom is -0.383 e. The van der Waals surface area contributed by atoms with Gasteiger partial charge in [0.05, 0.1) is 29.3 Å². The number of fused-ring (bicyclic) bond motifs is 1. The number of rotatable bonds is 5. The van der Waals surface area contributed by atoms with Crippen molar-refractivity contribution in [2.24, 2.45) is 0 Å². The van der Waals surface area contributed by atoms with Crippen molar-refractivity contribution in [1.82, 2.24) is 10.3 Å². The van der Waals surface area contributed by atoms with E-state index in [1.165, 1.54) is 23.4 Å². The smallest absolute Gasteiger partial charge is 0.152 e. The lowest BCUT2D eigenvalue weighted by molar-refractivity contribution is 0.187. The van der Waals surface area contributed by atoms with Gasteiger partial charge < -0.3 is 10.1 Å². The first-order valence-corrected chi connectivity index (χ1v) is 10.1. The molecule has 0 amide bonds. The molecule has 1 aliphatic carbocycles. The van der Waals surface area contributed by atoms with Crippen LogP contribution in [-0.4, -0.2) is 45.2 Å². The van der Waals surface area contributed by atoms with E-state index in [1.54, 1.807) is 18.4 Å². The van der Waals surface area contributed by atoms with E-state index in [1.807, 2.05) is 0 Å². The molecule has 0 saturated carbocycles. The number of aryl methyl sites for hydroxylation is 2. The molecule has 2 heterocycles. The molecule has 1 fully saturated rings. The lowest BCUT2D eigenvalue weighted by Gasteiger charge is -2.26. The molecule has 21 heavy (non-hydrogen) atoms. The Morgan fingerprint density at radius 2 is 2.19 bits per heavy atom. The van der Waals surface area contributed by atoms with E-state index >= 15 is 0 Å². The van der Waals surface area contributed by atoms with Crippen LogP contribution in [0.1, 0.15) is 34.8 Å². The van der Waals surface area contributed by atoms with Crippen molar-refractivity contribution in [3.63, 3.8) is 0 Å². The summed E-state index contributed by atoms with van der Waals surface area (Å²) in [6, 6.07) is 0. The molecule has 118 valence electrons. The van der Waals surface area contributed by atoms with E-state index in [4.69, 9.17) is 9.72 Å². The third-order valence-corrected chi connectivity index (χ3v) is 7.45. The Hall–Kier alpha value is -0.500. The molecule has 1 aromatic rings. The Morgan fingerprint density at radius 3 is 2.86 bits per heavy atom. The molecule has 1 aliphatic heterocycles. The first kappa shape index (κ1) is 15.4.